The van der Waals surface area contributed by atoms with Crippen molar-refractivity contribution in [1.29, 1.82) is 0 Å². The summed E-state index contributed by atoms with van der Waals surface area (Å²) in [6, 6.07) is 5.83. The number of carbonyl (C=O) groups excluding carboxylic acids is 5. The van der Waals surface area contributed by atoms with Crippen LogP contribution in [0.1, 0.15) is 145 Å². The van der Waals surface area contributed by atoms with Crippen LogP contribution in [0, 0.1) is 29.6 Å². The van der Waals surface area contributed by atoms with Crippen molar-refractivity contribution >= 4 is 29.7 Å². The maximum atomic E-state index is 16.7. The van der Waals surface area contributed by atoms with Gasteiger partial charge in [0.1, 0.15) is 11.7 Å². The predicted octanol–water partition coefficient (Wildman–Crippen LogP) is 8.87. The van der Waals surface area contributed by atoms with E-state index >= 15 is 4.39 Å². The Morgan fingerprint density at radius 3 is 1.73 bits per heavy atom. The number of hydrogen-bond donors (Lipinski definition) is 1. The van der Waals surface area contributed by atoms with Crippen LogP contribution in [0.25, 0.3) is 0 Å². The van der Waals surface area contributed by atoms with E-state index in [0.717, 1.165) is 17.4 Å². The van der Waals surface area contributed by atoms with Gasteiger partial charge in [-0.15, -0.1) is 0 Å². The zero-order valence-electron chi connectivity index (χ0n) is 35.9. The summed E-state index contributed by atoms with van der Waals surface area (Å²) in [6.07, 6.45) is -10.4. The van der Waals surface area contributed by atoms with Gasteiger partial charge in [0.05, 0.1) is 11.3 Å². The van der Waals surface area contributed by atoms with Crippen molar-refractivity contribution in [2.75, 3.05) is 0 Å². The van der Waals surface area contributed by atoms with Crippen molar-refractivity contribution in [2.24, 2.45) is 22.7 Å². The van der Waals surface area contributed by atoms with Gasteiger partial charge in [0.25, 0.3) is 11.8 Å². The van der Waals surface area contributed by atoms with Gasteiger partial charge < -0.3 is 19.3 Å². The average Bonchev–Trinajstić information content (AvgIpc) is 3.01. The lowest BCUT2D eigenvalue weighted by Crippen LogP contribution is -2.51. The lowest BCUT2D eigenvalue weighted by atomic mass is 9.73. The normalized spacial score (nSPS) is 17.5. The lowest BCUT2D eigenvalue weighted by Gasteiger charge is -2.41. The first kappa shape index (κ1) is 50.5. The molecule has 0 saturated carbocycles. The van der Waals surface area contributed by atoms with Crippen molar-refractivity contribution in [3.8, 4) is 0 Å². The molecule has 0 saturated heterocycles. The van der Waals surface area contributed by atoms with Crippen LogP contribution in [0.4, 0.5) is 17.6 Å². The van der Waals surface area contributed by atoms with Crippen LogP contribution in [-0.4, -0.2) is 81.0 Å². The van der Waals surface area contributed by atoms with Crippen LogP contribution in [0.5, 0.6) is 0 Å². The van der Waals surface area contributed by atoms with E-state index in [1.807, 2.05) is 6.92 Å². The van der Waals surface area contributed by atoms with E-state index in [9.17, 15) is 42.3 Å². The number of nitrogens with zero attached hydrogens (tertiary/aromatic N) is 1. The van der Waals surface area contributed by atoms with Gasteiger partial charge in [-0.25, -0.2) is 9.18 Å². The Kier molecular flexibility index (Phi) is 16.9. The van der Waals surface area contributed by atoms with Gasteiger partial charge in [-0.05, 0) is 99.6 Å². The lowest BCUT2D eigenvalue weighted by molar-refractivity contribution is -0.262. The number of carbonyl (C=O) groups is 5. The Morgan fingerprint density at radius 1 is 0.786 bits per heavy atom. The third-order valence-electron chi connectivity index (χ3n) is 10.5. The summed E-state index contributed by atoms with van der Waals surface area (Å²) in [6.45, 7) is 22.6. The summed E-state index contributed by atoms with van der Waals surface area (Å²) < 4.78 is 74.4. The van der Waals surface area contributed by atoms with Gasteiger partial charge in [-0.1, -0.05) is 59.2 Å². The van der Waals surface area contributed by atoms with Crippen molar-refractivity contribution in [2.45, 2.75) is 177 Å². The van der Waals surface area contributed by atoms with E-state index < -0.39 is 107 Å². The molecule has 0 radical (unpaired) electrons. The molecule has 0 bridgehead atoms. The number of hydrogen-bond acceptors (Lipinski definition) is 9. The second kappa shape index (κ2) is 18.8. The molecule has 320 valence electrons. The molecule has 0 aromatic heterocycles. The Balaban J connectivity index is 3.64. The van der Waals surface area contributed by atoms with Crippen molar-refractivity contribution in [1.82, 2.24) is 4.90 Å². The molecule has 0 fully saturated rings. The number of imide groups is 1. The first-order valence-electron chi connectivity index (χ1n) is 19.2. The maximum Gasteiger partial charge on any atom is 0.417 e. The molecule has 1 rings (SSSR count). The fourth-order valence-electron chi connectivity index (χ4n) is 5.95. The second-order valence-electron chi connectivity index (χ2n) is 18.1. The number of benzene rings is 1. The van der Waals surface area contributed by atoms with E-state index in [1.54, 1.807) is 93.5 Å². The van der Waals surface area contributed by atoms with Gasteiger partial charge in [0, 0.05) is 29.9 Å². The SMILES string of the molecule is CCC(CC(C)(CC(C)(F)C(=O)OC(C)(C)C(C)(C)C)C(=O)OC(C)C(=O)N(C(=O)c1ccc(C)cc1)C(C)C)C(=O)OC(CC(C)C)CC(C)(O)C(F)(F)F. The number of alkyl halides is 4. The van der Waals surface area contributed by atoms with Gasteiger partial charge in [-0.3, -0.25) is 24.1 Å². The first-order chi connectivity index (χ1) is 25.1. The molecule has 14 heteroatoms. The third kappa shape index (κ3) is 13.5. The molecule has 6 atom stereocenters. The predicted molar refractivity (Wildman–Crippen MR) is 204 cm³/mol. The van der Waals surface area contributed by atoms with Crippen molar-refractivity contribution in [3.63, 3.8) is 0 Å². The highest BCUT2D eigenvalue weighted by atomic mass is 19.4. The Labute approximate surface area is 330 Å². The number of aryl methyl sites for hydroxylation is 1. The molecule has 6 unspecified atom stereocenters. The van der Waals surface area contributed by atoms with Crippen LogP contribution < -0.4 is 0 Å². The molecule has 0 aliphatic carbocycles. The van der Waals surface area contributed by atoms with E-state index in [-0.39, 0.29) is 24.3 Å². The molecule has 0 spiro atoms. The highest BCUT2D eigenvalue weighted by molar-refractivity contribution is 6.06. The molecule has 1 aromatic rings. The molecule has 2 amide bonds. The van der Waals surface area contributed by atoms with Gasteiger partial charge in [0.15, 0.2) is 11.7 Å². The van der Waals surface area contributed by atoms with Crippen LogP contribution in [0.15, 0.2) is 24.3 Å². The number of amides is 2. The highest BCUT2D eigenvalue weighted by Gasteiger charge is 2.53. The number of rotatable bonds is 18. The minimum atomic E-state index is -5.02. The van der Waals surface area contributed by atoms with Crippen molar-refractivity contribution in [3.05, 3.63) is 35.4 Å². The Morgan fingerprint density at radius 2 is 1.30 bits per heavy atom. The van der Waals surface area contributed by atoms with Gasteiger partial charge in [-0.2, -0.15) is 13.2 Å². The molecule has 0 aliphatic heterocycles. The Hall–Kier alpha value is -3.55. The zero-order valence-corrected chi connectivity index (χ0v) is 35.9. The number of aliphatic hydroxyl groups is 1. The first-order valence-corrected chi connectivity index (χ1v) is 19.2. The van der Waals surface area contributed by atoms with Crippen LogP contribution in [0.3, 0.4) is 0 Å². The van der Waals surface area contributed by atoms with Crippen LogP contribution in [-0.2, 0) is 33.4 Å². The molecule has 0 heterocycles. The molecule has 1 N–H and O–H groups in total. The van der Waals surface area contributed by atoms with E-state index in [1.165, 1.54) is 13.8 Å². The van der Waals surface area contributed by atoms with Gasteiger partial charge >= 0.3 is 24.1 Å². The third-order valence-corrected chi connectivity index (χ3v) is 10.5. The van der Waals surface area contributed by atoms with Crippen LogP contribution >= 0.6 is 0 Å². The van der Waals surface area contributed by atoms with E-state index in [0.29, 0.717) is 6.92 Å². The van der Waals surface area contributed by atoms with E-state index in [2.05, 4.69) is 0 Å². The van der Waals surface area contributed by atoms with E-state index in [4.69, 9.17) is 14.2 Å². The standard InChI is InChI=1S/C42H65F4NO9/c1-16-29(34(50)55-31(21-25(2)3)23-41(15,53)42(44,45)46)22-39(13,24-40(14,43)36(52)56-38(11,12)37(8,9)10)35(51)54-28(7)32(48)47(26(4)5)33(49)30-19-17-27(6)18-20-30/h17-20,25-26,28-29,31,53H,16,21-24H2,1-15H3. The topological polar surface area (TPSA) is 137 Å². The summed E-state index contributed by atoms with van der Waals surface area (Å²) in [5, 5.41) is 10.2. The fourth-order valence-corrected chi connectivity index (χ4v) is 5.95. The van der Waals surface area contributed by atoms with Gasteiger partial charge in [0.2, 0.25) is 5.67 Å². The molecular formula is C42H65F4NO9. The zero-order chi connectivity index (χ0) is 44.0. The van der Waals surface area contributed by atoms with Crippen LogP contribution in [0.2, 0.25) is 0 Å². The summed E-state index contributed by atoms with van der Waals surface area (Å²) in [5.41, 5.74) is -8.79. The van der Waals surface area contributed by atoms with Crippen molar-refractivity contribution < 1.29 is 60.9 Å². The minimum absolute atomic E-state index is 0.0288. The summed E-state index contributed by atoms with van der Waals surface area (Å²) in [4.78, 5) is 69.5. The summed E-state index contributed by atoms with van der Waals surface area (Å²) in [5.74, 6) is -6.49. The maximum absolute atomic E-state index is 16.7. The second-order valence-corrected chi connectivity index (χ2v) is 18.1. The highest BCUT2D eigenvalue weighted by Crippen LogP contribution is 2.43. The fraction of sp³-hybridized carbons (Fsp3) is 0.738. The Bertz CT molecular complexity index is 1530. The number of halogens is 4. The molecular weight excluding hydrogens is 738 g/mol. The molecule has 56 heavy (non-hydrogen) atoms. The molecule has 0 aliphatic rings. The largest absolute Gasteiger partial charge is 0.462 e. The monoisotopic (exact) mass is 803 g/mol. The quantitative estimate of drug-likeness (QED) is 0.0877. The smallest absolute Gasteiger partial charge is 0.417 e. The minimum Gasteiger partial charge on any atom is -0.462 e. The number of ether oxygens (including phenoxy) is 3. The number of esters is 3. The molecule has 1 aromatic carbocycles. The molecule has 10 nitrogen and oxygen atoms in total. The summed E-state index contributed by atoms with van der Waals surface area (Å²) >= 11 is 0. The summed E-state index contributed by atoms with van der Waals surface area (Å²) in [7, 11) is 0. The average molecular weight is 804 g/mol.